The van der Waals surface area contributed by atoms with Crippen LogP contribution in [0.2, 0.25) is 0 Å². The minimum absolute atomic E-state index is 0.465. The van der Waals surface area contributed by atoms with Crippen LogP contribution in [-0.4, -0.2) is 22.4 Å². The molecule has 0 aromatic heterocycles. The van der Waals surface area contributed by atoms with Gasteiger partial charge in [0.05, 0.1) is 18.3 Å². The highest BCUT2D eigenvalue weighted by Crippen LogP contribution is 2.19. The van der Waals surface area contributed by atoms with Crippen molar-refractivity contribution in [1.82, 2.24) is 0 Å². The highest BCUT2D eigenvalue weighted by atomic mass is 16.5. The molecule has 0 radical (unpaired) electrons. The lowest BCUT2D eigenvalue weighted by Crippen LogP contribution is -2.21. The summed E-state index contributed by atoms with van der Waals surface area (Å²) in [5, 5.41) is 18.9. The van der Waals surface area contributed by atoms with Crippen molar-refractivity contribution in [3.05, 3.63) is 29.8 Å². The van der Waals surface area contributed by atoms with Gasteiger partial charge in [0.2, 0.25) is 0 Å². The lowest BCUT2D eigenvalue weighted by Gasteiger charge is -2.17. The van der Waals surface area contributed by atoms with E-state index in [0.717, 1.165) is 11.3 Å². The van der Waals surface area contributed by atoms with Crippen LogP contribution in [0.5, 0.6) is 5.75 Å². The minimum Gasteiger partial charge on any atom is -0.493 e. The molecule has 0 aliphatic rings. The quantitative estimate of drug-likeness (QED) is 0.806. The van der Waals surface area contributed by atoms with Crippen molar-refractivity contribution in [1.29, 1.82) is 0 Å². The third-order valence-electron chi connectivity index (χ3n) is 2.32. The molecule has 3 nitrogen and oxygen atoms in total. The molecular formula is C13H20O3. The van der Waals surface area contributed by atoms with Crippen molar-refractivity contribution in [3.63, 3.8) is 0 Å². The Bertz CT molecular complexity index is 326. The first-order valence-corrected chi connectivity index (χ1v) is 5.52. The highest BCUT2D eigenvalue weighted by Gasteiger charge is 2.12. The monoisotopic (exact) mass is 224 g/mol. The molecule has 0 amide bonds. The molecule has 90 valence electrons. The second-order valence-electron chi connectivity index (χ2n) is 4.66. The lowest BCUT2D eigenvalue weighted by atomic mass is 10.1. The zero-order chi connectivity index (χ0) is 12.2. The van der Waals surface area contributed by atoms with E-state index in [1.165, 1.54) is 0 Å². The number of aliphatic hydroxyl groups is 2. The average molecular weight is 224 g/mol. The summed E-state index contributed by atoms with van der Waals surface area (Å²) in [5.74, 6) is 0.725. The molecule has 0 saturated carbocycles. The first-order valence-electron chi connectivity index (χ1n) is 5.52. The normalized spacial score (nSPS) is 13.6. The van der Waals surface area contributed by atoms with Crippen LogP contribution in [0.25, 0.3) is 0 Å². The molecule has 0 aliphatic carbocycles. The largest absolute Gasteiger partial charge is 0.493 e. The van der Waals surface area contributed by atoms with Gasteiger partial charge in [0.15, 0.2) is 0 Å². The SMILES string of the molecule is C[C@@H](O)c1cccc(OCCC(C)(C)O)c1. The van der Waals surface area contributed by atoms with Gasteiger partial charge in [-0.15, -0.1) is 0 Å². The molecule has 3 heteroatoms. The standard InChI is InChI=1S/C13H20O3/c1-10(14)11-5-4-6-12(9-11)16-8-7-13(2,3)15/h4-6,9-10,14-15H,7-8H2,1-3H3/t10-/m1/s1. The predicted molar refractivity (Wildman–Crippen MR) is 63.5 cm³/mol. The van der Waals surface area contributed by atoms with Crippen LogP contribution in [0.15, 0.2) is 24.3 Å². The van der Waals surface area contributed by atoms with E-state index >= 15 is 0 Å². The first-order chi connectivity index (χ1) is 7.38. The maximum Gasteiger partial charge on any atom is 0.119 e. The molecular weight excluding hydrogens is 204 g/mol. The second-order valence-corrected chi connectivity index (χ2v) is 4.66. The topological polar surface area (TPSA) is 49.7 Å². The van der Waals surface area contributed by atoms with Crippen molar-refractivity contribution in [3.8, 4) is 5.75 Å². The lowest BCUT2D eigenvalue weighted by molar-refractivity contribution is 0.0553. The van der Waals surface area contributed by atoms with E-state index in [4.69, 9.17) is 4.74 Å². The average Bonchev–Trinajstić information content (AvgIpc) is 2.16. The third kappa shape index (κ3) is 4.64. The Morgan fingerprint density at radius 2 is 2.06 bits per heavy atom. The van der Waals surface area contributed by atoms with Crippen LogP contribution in [0.1, 0.15) is 38.9 Å². The van der Waals surface area contributed by atoms with Crippen molar-refractivity contribution >= 4 is 0 Å². The molecule has 1 atom stereocenters. The van der Waals surface area contributed by atoms with Gasteiger partial charge >= 0.3 is 0 Å². The van der Waals surface area contributed by atoms with Crippen molar-refractivity contribution < 1.29 is 14.9 Å². The third-order valence-corrected chi connectivity index (χ3v) is 2.32. The summed E-state index contributed by atoms with van der Waals surface area (Å²) >= 11 is 0. The summed E-state index contributed by atoms with van der Waals surface area (Å²) in [4.78, 5) is 0. The van der Waals surface area contributed by atoms with Crippen molar-refractivity contribution in [2.75, 3.05) is 6.61 Å². The summed E-state index contributed by atoms with van der Waals surface area (Å²) in [6.07, 6.45) is 0.0872. The van der Waals surface area contributed by atoms with E-state index in [2.05, 4.69) is 0 Å². The molecule has 0 spiro atoms. The molecule has 1 rings (SSSR count). The van der Waals surface area contributed by atoms with Crippen LogP contribution < -0.4 is 4.74 Å². The fourth-order valence-corrected chi connectivity index (χ4v) is 1.28. The summed E-state index contributed by atoms with van der Waals surface area (Å²) in [6.45, 7) is 5.69. The Morgan fingerprint density at radius 1 is 1.38 bits per heavy atom. The fourth-order valence-electron chi connectivity index (χ4n) is 1.28. The van der Waals surface area contributed by atoms with E-state index in [1.807, 2.05) is 24.3 Å². The zero-order valence-electron chi connectivity index (χ0n) is 10.1. The van der Waals surface area contributed by atoms with Crippen LogP contribution in [0, 0.1) is 0 Å². The number of rotatable bonds is 5. The summed E-state index contributed by atoms with van der Waals surface area (Å²) in [5.41, 5.74) is 0.128. The molecule has 0 bridgehead atoms. The molecule has 0 saturated heterocycles. The Hall–Kier alpha value is -1.06. The summed E-state index contributed by atoms with van der Waals surface area (Å²) in [6, 6.07) is 7.36. The Balaban J connectivity index is 2.51. The Kier molecular flexibility index (Phi) is 4.33. The van der Waals surface area contributed by atoms with Gasteiger partial charge < -0.3 is 14.9 Å². The molecule has 0 fully saturated rings. The molecule has 0 heterocycles. The minimum atomic E-state index is -0.706. The maximum atomic E-state index is 9.52. The molecule has 1 aromatic carbocycles. The van der Waals surface area contributed by atoms with Crippen LogP contribution in [-0.2, 0) is 0 Å². The molecule has 1 aromatic rings. The molecule has 2 N–H and O–H groups in total. The van der Waals surface area contributed by atoms with Gasteiger partial charge in [0.25, 0.3) is 0 Å². The second kappa shape index (κ2) is 5.32. The highest BCUT2D eigenvalue weighted by molar-refractivity contribution is 5.29. The summed E-state index contributed by atoms with van der Waals surface area (Å²) < 4.78 is 5.50. The van der Waals surface area contributed by atoms with E-state index in [9.17, 15) is 10.2 Å². The Labute approximate surface area is 96.7 Å². The van der Waals surface area contributed by atoms with E-state index in [1.54, 1.807) is 20.8 Å². The number of aliphatic hydroxyl groups excluding tert-OH is 1. The van der Waals surface area contributed by atoms with Gasteiger partial charge in [-0.2, -0.15) is 0 Å². The smallest absolute Gasteiger partial charge is 0.119 e. The predicted octanol–water partition coefficient (Wildman–Crippen LogP) is 2.28. The molecule has 0 unspecified atom stereocenters. The molecule has 16 heavy (non-hydrogen) atoms. The zero-order valence-corrected chi connectivity index (χ0v) is 10.1. The van der Waals surface area contributed by atoms with Crippen molar-refractivity contribution in [2.24, 2.45) is 0 Å². The van der Waals surface area contributed by atoms with Crippen LogP contribution >= 0.6 is 0 Å². The first kappa shape index (κ1) is 13.0. The number of benzene rings is 1. The van der Waals surface area contributed by atoms with Crippen LogP contribution in [0.4, 0.5) is 0 Å². The van der Waals surface area contributed by atoms with E-state index < -0.39 is 11.7 Å². The van der Waals surface area contributed by atoms with Gasteiger partial charge in [0.1, 0.15) is 5.75 Å². The van der Waals surface area contributed by atoms with Gasteiger partial charge in [-0.05, 0) is 38.5 Å². The molecule has 0 aliphatic heterocycles. The number of ether oxygens (including phenoxy) is 1. The van der Waals surface area contributed by atoms with Crippen molar-refractivity contribution in [2.45, 2.75) is 38.9 Å². The summed E-state index contributed by atoms with van der Waals surface area (Å²) in [7, 11) is 0. The number of hydrogen-bond donors (Lipinski definition) is 2. The van der Waals surface area contributed by atoms with Gasteiger partial charge in [-0.25, -0.2) is 0 Å². The maximum absolute atomic E-state index is 9.52. The van der Waals surface area contributed by atoms with E-state index in [-0.39, 0.29) is 0 Å². The number of hydrogen-bond acceptors (Lipinski definition) is 3. The Morgan fingerprint density at radius 3 is 2.62 bits per heavy atom. The van der Waals surface area contributed by atoms with Gasteiger partial charge in [-0.1, -0.05) is 12.1 Å². The van der Waals surface area contributed by atoms with E-state index in [0.29, 0.717) is 13.0 Å². The van der Waals surface area contributed by atoms with Gasteiger partial charge in [0, 0.05) is 6.42 Å². The van der Waals surface area contributed by atoms with Crippen LogP contribution in [0.3, 0.4) is 0 Å². The fraction of sp³-hybridized carbons (Fsp3) is 0.538. The van der Waals surface area contributed by atoms with Gasteiger partial charge in [-0.3, -0.25) is 0 Å².